The molecule has 0 N–H and O–H groups in total. The molecule has 0 aromatic carbocycles. The summed E-state index contributed by atoms with van der Waals surface area (Å²) in [6.45, 7) is 12.2. The Balaban J connectivity index is 2.40. The third-order valence-corrected chi connectivity index (χ3v) is 4.42. The summed E-state index contributed by atoms with van der Waals surface area (Å²) >= 11 is 2.37. The highest BCUT2D eigenvalue weighted by atomic mass is 127. The van der Waals surface area contributed by atoms with Crippen LogP contribution in [0.1, 0.15) is 47.5 Å². The van der Waals surface area contributed by atoms with Crippen molar-refractivity contribution >= 4 is 28.7 Å². The Labute approximate surface area is 136 Å². The summed E-state index contributed by atoms with van der Waals surface area (Å²) in [6.07, 6.45) is 2.27. The molecular weight excluding hydrogens is 369 g/mol. The van der Waals surface area contributed by atoms with Crippen LogP contribution in [0.2, 0.25) is 0 Å². The molecule has 1 amide bonds. The SMILES string of the molecule is CCCC(C)COC1CN(C(=O)OC(C)(C)C)CC1I. The fourth-order valence-corrected chi connectivity index (χ4v) is 3.14. The highest BCUT2D eigenvalue weighted by Gasteiger charge is 2.36. The summed E-state index contributed by atoms with van der Waals surface area (Å²) in [4.78, 5) is 13.8. The van der Waals surface area contributed by atoms with Gasteiger partial charge in [-0.1, -0.05) is 42.9 Å². The van der Waals surface area contributed by atoms with Gasteiger partial charge in [-0.2, -0.15) is 0 Å². The normalized spacial score (nSPS) is 24.8. The second-order valence-electron chi connectivity index (χ2n) is 6.67. The maximum absolute atomic E-state index is 12.0. The van der Waals surface area contributed by atoms with E-state index in [1.54, 1.807) is 4.90 Å². The number of carbonyl (C=O) groups excluding carboxylic acids is 1. The number of rotatable bonds is 5. The van der Waals surface area contributed by atoms with Crippen LogP contribution in [0.5, 0.6) is 0 Å². The standard InChI is InChI=1S/C15H28INO3/c1-6-7-11(2)10-19-13-9-17(8-12(13)16)14(18)20-15(3,4)5/h11-13H,6-10H2,1-5H3. The van der Waals surface area contributed by atoms with Crippen LogP contribution >= 0.6 is 22.6 Å². The minimum atomic E-state index is -0.438. The van der Waals surface area contributed by atoms with Gasteiger partial charge in [-0.15, -0.1) is 0 Å². The molecule has 1 fully saturated rings. The predicted molar refractivity (Wildman–Crippen MR) is 89.4 cm³/mol. The van der Waals surface area contributed by atoms with Crippen LogP contribution in [0.3, 0.4) is 0 Å². The zero-order valence-corrected chi connectivity index (χ0v) is 15.5. The number of nitrogens with zero attached hydrogens (tertiary/aromatic N) is 1. The molecule has 20 heavy (non-hydrogen) atoms. The molecule has 1 aliphatic rings. The number of likely N-dealkylation sites (tertiary alicyclic amines) is 1. The Morgan fingerprint density at radius 1 is 1.40 bits per heavy atom. The van der Waals surface area contributed by atoms with Crippen LogP contribution in [0.25, 0.3) is 0 Å². The molecule has 3 unspecified atom stereocenters. The second-order valence-corrected chi connectivity index (χ2v) is 8.27. The number of amides is 1. The monoisotopic (exact) mass is 397 g/mol. The largest absolute Gasteiger partial charge is 0.444 e. The van der Waals surface area contributed by atoms with Crippen molar-refractivity contribution in [2.24, 2.45) is 5.92 Å². The minimum Gasteiger partial charge on any atom is -0.444 e. The summed E-state index contributed by atoms with van der Waals surface area (Å²) < 4.78 is 11.7. The first-order chi connectivity index (χ1) is 9.23. The number of hydrogen-bond donors (Lipinski definition) is 0. The number of alkyl halides is 1. The number of carbonyl (C=O) groups is 1. The molecule has 3 atom stereocenters. The van der Waals surface area contributed by atoms with E-state index in [1.165, 1.54) is 12.8 Å². The Kier molecular flexibility index (Phi) is 7.04. The van der Waals surface area contributed by atoms with E-state index in [2.05, 4.69) is 36.4 Å². The van der Waals surface area contributed by atoms with Crippen LogP contribution in [0.15, 0.2) is 0 Å². The van der Waals surface area contributed by atoms with Crippen molar-refractivity contribution < 1.29 is 14.3 Å². The average Bonchev–Trinajstić information content (AvgIpc) is 2.66. The van der Waals surface area contributed by atoms with Gasteiger partial charge in [0.15, 0.2) is 0 Å². The Hall–Kier alpha value is -0.0400. The van der Waals surface area contributed by atoms with Gasteiger partial charge >= 0.3 is 6.09 Å². The minimum absolute atomic E-state index is 0.127. The molecule has 118 valence electrons. The lowest BCUT2D eigenvalue weighted by atomic mass is 10.1. The van der Waals surface area contributed by atoms with Gasteiger partial charge in [0, 0.05) is 13.2 Å². The van der Waals surface area contributed by atoms with Gasteiger partial charge in [-0.05, 0) is 33.1 Å². The van der Waals surface area contributed by atoms with E-state index < -0.39 is 5.60 Å². The van der Waals surface area contributed by atoms with Gasteiger partial charge in [-0.3, -0.25) is 0 Å². The summed E-state index contributed by atoms with van der Waals surface area (Å²) in [5.74, 6) is 0.583. The predicted octanol–water partition coefficient (Wildman–Crippen LogP) is 3.86. The average molecular weight is 397 g/mol. The first kappa shape index (κ1) is 18.0. The topological polar surface area (TPSA) is 38.8 Å². The van der Waals surface area contributed by atoms with E-state index in [4.69, 9.17) is 9.47 Å². The van der Waals surface area contributed by atoms with Gasteiger partial charge < -0.3 is 14.4 Å². The van der Waals surface area contributed by atoms with Crippen molar-refractivity contribution in [2.75, 3.05) is 19.7 Å². The molecule has 0 spiro atoms. The number of ether oxygens (including phenoxy) is 2. The van der Waals surface area contributed by atoms with E-state index in [-0.39, 0.29) is 12.2 Å². The molecule has 5 heteroatoms. The molecule has 0 radical (unpaired) electrons. The van der Waals surface area contributed by atoms with E-state index in [9.17, 15) is 4.79 Å². The lowest BCUT2D eigenvalue weighted by molar-refractivity contribution is 0.0167. The van der Waals surface area contributed by atoms with Gasteiger partial charge in [0.2, 0.25) is 0 Å². The number of hydrogen-bond acceptors (Lipinski definition) is 3. The van der Waals surface area contributed by atoms with Crippen molar-refractivity contribution in [3.05, 3.63) is 0 Å². The first-order valence-electron chi connectivity index (χ1n) is 7.46. The lowest BCUT2D eigenvalue weighted by Crippen LogP contribution is -2.36. The maximum Gasteiger partial charge on any atom is 0.410 e. The van der Waals surface area contributed by atoms with Crippen molar-refractivity contribution in [3.63, 3.8) is 0 Å². The Morgan fingerprint density at radius 3 is 2.60 bits per heavy atom. The van der Waals surface area contributed by atoms with Crippen molar-refractivity contribution in [1.29, 1.82) is 0 Å². The first-order valence-corrected chi connectivity index (χ1v) is 8.71. The van der Waals surface area contributed by atoms with Crippen molar-refractivity contribution in [3.8, 4) is 0 Å². The summed E-state index contributed by atoms with van der Waals surface area (Å²) in [7, 11) is 0. The highest BCUT2D eigenvalue weighted by molar-refractivity contribution is 14.1. The maximum atomic E-state index is 12.0. The quantitative estimate of drug-likeness (QED) is 0.523. The molecule has 0 aliphatic carbocycles. The summed E-state index contributed by atoms with van der Waals surface area (Å²) in [5.41, 5.74) is -0.438. The highest BCUT2D eigenvalue weighted by Crippen LogP contribution is 2.24. The van der Waals surface area contributed by atoms with Gasteiger partial charge in [-0.25, -0.2) is 4.79 Å². The molecule has 0 saturated carbocycles. The smallest absolute Gasteiger partial charge is 0.410 e. The Bertz CT molecular complexity index is 317. The summed E-state index contributed by atoms with van der Waals surface area (Å²) in [5, 5.41) is 0. The van der Waals surface area contributed by atoms with Crippen LogP contribution in [-0.4, -0.2) is 46.3 Å². The van der Waals surface area contributed by atoms with E-state index in [1.807, 2.05) is 20.8 Å². The fraction of sp³-hybridized carbons (Fsp3) is 0.933. The second kappa shape index (κ2) is 7.82. The molecule has 1 aliphatic heterocycles. The molecule has 4 nitrogen and oxygen atoms in total. The zero-order chi connectivity index (χ0) is 15.3. The van der Waals surface area contributed by atoms with Gasteiger partial charge in [0.25, 0.3) is 0 Å². The lowest BCUT2D eigenvalue weighted by Gasteiger charge is -2.24. The third-order valence-electron chi connectivity index (χ3n) is 3.23. The van der Waals surface area contributed by atoms with Crippen LogP contribution < -0.4 is 0 Å². The molecule has 0 aromatic rings. The van der Waals surface area contributed by atoms with Crippen molar-refractivity contribution in [1.82, 2.24) is 4.90 Å². The fourth-order valence-electron chi connectivity index (χ4n) is 2.23. The molecular formula is C15H28INO3. The molecule has 0 aromatic heterocycles. The summed E-state index contributed by atoms with van der Waals surface area (Å²) in [6, 6.07) is 0. The van der Waals surface area contributed by atoms with E-state index in [0.717, 1.165) is 6.61 Å². The molecule has 1 saturated heterocycles. The van der Waals surface area contributed by atoms with E-state index in [0.29, 0.717) is 22.9 Å². The molecule has 0 bridgehead atoms. The molecule has 1 heterocycles. The van der Waals surface area contributed by atoms with E-state index >= 15 is 0 Å². The van der Waals surface area contributed by atoms with Crippen LogP contribution in [-0.2, 0) is 9.47 Å². The molecule has 1 rings (SSSR count). The zero-order valence-electron chi connectivity index (χ0n) is 13.3. The van der Waals surface area contributed by atoms with Crippen LogP contribution in [0, 0.1) is 5.92 Å². The van der Waals surface area contributed by atoms with Crippen molar-refractivity contribution in [2.45, 2.75) is 63.1 Å². The van der Waals surface area contributed by atoms with Crippen LogP contribution in [0.4, 0.5) is 4.79 Å². The van der Waals surface area contributed by atoms with Gasteiger partial charge in [0.05, 0.1) is 16.6 Å². The third kappa shape index (κ3) is 6.16. The van der Waals surface area contributed by atoms with Gasteiger partial charge in [0.1, 0.15) is 5.60 Å². The Morgan fingerprint density at radius 2 is 2.05 bits per heavy atom. The number of halogens is 1.